The number of hydrogen-bond donors (Lipinski definition) is 0. The van der Waals surface area contributed by atoms with Gasteiger partial charge in [0.05, 0.1) is 5.30 Å². The summed E-state index contributed by atoms with van der Waals surface area (Å²) in [6, 6.07) is 3.85. The molecule has 10 heteroatoms. The molecule has 0 N–H and O–H groups in total. The molecule has 2 aromatic rings. The molecule has 1 aliphatic rings. The van der Waals surface area contributed by atoms with Crippen molar-refractivity contribution in [2.45, 2.75) is 18.2 Å². The van der Waals surface area contributed by atoms with E-state index < -0.39 is 24.4 Å². The van der Waals surface area contributed by atoms with E-state index in [-0.39, 0.29) is 16.7 Å². The first-order chi connectivity index (χ1) is 11.2. The van der Waals surface area contributed by atoms with Crippen molar-refractivity contribution in [3.05, 3.63) is 29.9 Å². The molecule has 130 valence electrons. The molecule has 0 bridgehead atoms. The molecule has 2 heterocycles. The maximum absolute atomic E-state index is 14.5. The molecule has 1 fully saturated rings. The van der Waals surface area contributed by atoms with E-state index in [9.17, 15) is 17.7 Å². The molecular weight excluding hydrogens is 366 g/mol. The summed E-state index contributed by atoms with van der Waals surface area (Å²) in [5, 5.41) is -0.330. The van der Waals surface area contributed by atoms with E-state index in [1.54, 1.807) is 4.67 Å². The lowest BCUT2D eigenvalue weighted by atomic mass is 10.2. The second-order valence-corrected chi connectivity index (χ2v) is 8.91. The van der Waals surface area contributed by atoms with Crippen LogP contribution in [0.1, 0.15) is 18.7 Å². The summed E-state index contributed by atoms with van der Waals surface area (Å²) in [4.78, 5) is 3.46. The summed E-state index contributed by atoms with van der Waals surface area (Å²) in [7, 11) is -3.01. The predicted octanol–water partition coefficient (Wildman–Crippen LogP) is 3.79. The molecule has 24 heavy (non-hydrogen) atoms. The third-order valence-electron chi connectivity index (χ3n) is 3.94. The van der Waals surface area contributed by atoms with Crippen LogP contribution < -0.4 is 5.30 Å². The first-order valence-corrected chi connectivity index (χ1v) is 9.72. The van der Waals surface area contributed by atoms with E-state index in [1.165, 1.54) is 18.8 Å². The molecular formula is C14H14ClF3N3O2P. The van der Waals surface area contributed by atoms with Crippen LogP contribution in [-0.2, 0) is 9.95 Å². The van der Waals surface area contributed by atoms with E-state index in [1.807, 2.05) is 0 Å². The zero-order valence-corrected chi connectivity index (χ0v) is 14.3. The Balaban J connectivity index is 1.93. The van der Waals surface area contributed by atoms with Crippen LogP contribution in [0.5, 0.6) is 0 Å². The molecule has 1 aromatic heterocycles. The van der Waals surface area contributed by atoms with Crippen molar-refractivity contribution in [2.24, 2.45) is 0 Å². The molecule has 0 spiro atoms. The minimum absolute atomic E-state index is 0.0968. The van der Waals surface area contributed by atoms with Gasteiger partial charge in [-0.3, -0.25) is 0 Å². The van der Waals surface area contributed by atoms with Gasteiger partial charge in [-0.15, -0.1) is 0 Å². The second-order valence-electron chi connectivity index (χ2n) is 5.63. The van der Waals surface area contributed by atoms with Crippen LogP contribution in [0.4, 0.5) is 13.2 Å². The number of benzene rings is 1. The summed E-state index contributed by atoms with van der Waals surface area (Å²) >= 11 is 4.80. The molecule has 0 aliphatic carbocycles. The Morgan fingerprint density at radius 1 is 1.33 bits per heavy atom. The van der Waals surface area contributed by atoms with Crippen LogP contribution in [0.2, 0.25) is 0 Å². The van der Waals surface area contributed by atoms with Crippen LogP contribution in [0.25, 0.3) is 11.4 Å². The topological polar surface area (TPSA) is 59.2 Å². The Morgan fingerprint density at radius 3 is 2.54 bits per heavy atom. The van der Waals surface area contributed by atoms with Crippen molar-refractivity contribution >= 4 is 24.2 Å². The summed E-state index contributed by atoms with van der Waals surface area (Å²) in [6.07, 6.45) is 1.85. The van der Waals surface area contributed by atoms with Crippen LogP contribution in [-0.4, -0.2) is 34.6 Å². The minimum Gasteiger partial charge on any atom is -0.331 e. The third kappa shape index (κ3) is 3.23. The lowest BCUT2D eigenvalue weighted by molar-refractivity contribution is 0.0551. The van der Waals surface area contributed by atoms with Gasteiger partial charge in [0.2, 0.25) is 5.82 Å². The van der Waals surface area contributed by atoms with Crippen molar-refractivity contribution in [3.63, 3.8) is 0 Å². The van der Waals surface area contributed by atoms with Crippen LogP contribution in [0.3, 0.4) is 0 Å². The average Bonchev–Trinajstić information content (AvgIpc) is 3.18. The fourth-order valence-electron chi connectivity index (χ4n) is 2.67. The van der Waals surface area contributed by atoms with Gasteiger partial charge < -0.3 is 9.09 Å². The monoisotopic (exact) mass is 379 g/mol. The minimum atomic E-state index is -3.79. The molecule has 0 amide bonds. The van der Waals surface area contributed by atoms with Crippen molar-refractivity contribution in [1.29, 1.82) is 0 Å². The van der Waals surface area contributed by atoms with Crippen molar-refractivity contribution in [2.75, 3.05) is 19.8 Å². The van der Waals surface area contributed by atoms with Crippen LogP contribution in [0.15, 0.2) is 22.7 Å². The molecule has 1 atom stereocenters. The molecule has 0 saturated carbocycles. The van der Waals surface area contributed by atoms with Gasteiger partial charge in [-0.1, -0.05) is 11.2 Å². The van der Waals surface area contributed by atoms with Gasteiger partial charge in [-0.2, -0.15) is 13.8 Å². The Kier molecular flexibility index (Phi) is 4.49. The lowest BCUT2D eigenvalue weighted by Gasteiger charge is -2.24. The van der Waals surface area contributed by atoms with Gasteiger partial charge >= 0.3 is 11.3 Å². The van der Waals surface area contributed by atoms with Gasteiger partial charge in [0.1, 0.15) is 5.82 Å². The molecule has 1 aliphatic heterocycles. The Labute approximate surface area is 141 Å². The number of rotatable bonds is 4. The molecule has 1 aromatic carbocycles. The third-order valence-corrected chi connectivity index (χ3v) is 6.84. The number of alkyl halides is 3. The van der Waals surface area contributed by atoms with Gasteiger partial charge in [0.25, 0.3) is 0 Å². The van der Waals surface area contributed by atoms with Gasteiger partial charge in [0.15, 0.2) is 7.29 Å². The predicted molar refractivity (Wildman–Crippen MR) is 83.4 cm³/mol. The first kappa shape index (κ1) is 17.5. The van der Waals surface area contributed by atoms with Crippen LogP contribution >= 0.6 is 18.9 Å². The van der Waals surface area contributed by atoms with Crippen molar-refractivity contribution in [1.82, 2.24) is 14.8 Å². The van der Waals surface area contributed by atoms with Crippen molar-refractivity contribution < 1.29 is 22.3 Å². The highest BCUT2D eigenvalue weighted by molar-refractivity contribution is 7.68. The summed E-state index contributed by atoms with van der Waals surface area (Å²) < 4.78 is 59.4. The maximum Gasteiger partial charge on any atom is 0.400 e. The number of halogens is 4. The highest BCUT2D eigenvalue weighted by Gasteiger charge is 2.36. The number of aromatic nitrogens is 2. The average molecular weight is 380 g/mol. The van der Waals surface area contributed by atoms with Gasteiger partial charge in [0, 0.05) is 25.3 Å². The normalized spacial score (nSPS) is 18.7. The molecule has 1 unspecified atom stereocenters. The quantitative estimate of drug-likeness (QED) is 0.597. The SMILES string of the molecule is CP(=O)(c1ccc(-c2noc(C(F)(F)Cl)n2)cc1F)N1CCCC1. The Hall–Kier alpha value is -1.37. The second kappa shape index (κ2) is 6.17. The first-order valence-electron chi connectivity index (χ1n) is 7.24. The lowest BCUT2D eigenvalue weighted by Crippen LogP contribution is -2.24. The molecule has 1 saturated heterocycles. The highest BCUT2D eigenvalue weighted by atomic mass is 35.5. The zero-order valence-electron chi connectivity index (χ0n) is 12.7. The highest BCUT2D eigenvalue weighted by Crippen LogP contribution is 2.47. The number of nitrogens with zero attached hydrogens (tertiary/aromatic N) is 3. The van der Waals surface area contributed by atoms with Crippen molar-refractivity contribution in [3.8, 4) is 11.4 Å². The fraction of sp³-hybridized carbons (Fsp3) is 0.429. The van der Waals surface area contributed by atoms with E-state index >= 15 is 0 Å². The Bertz CT molecular complexity index is 803. The van der Waals surface area contributed by atoms with E-state index in [0.29, 0.717) is 13.1 Å². The standard InChI is InChI=1S/C14H14ClF3N3O2P/c1-24(22,21-6-2-3-7-21)11-5-4-9(8-10(11)16)12-19-13(23-20-12)14(15,17)18/h4-5,8H,2-3,6-7H2,1H3. The smallest absolute Gasteiger partial charge is 0.331 e. The maximum atomic E-state index is 14.5. The van der Waals surface area contributed by atoms with E-state index in [2.05, 4.69) is 14.7 Å². The van der Waals surface area contributed by atoms with E-state index in [0.717, 1.165) is 18.9 Å². The fourth-order valence-corrected chi connectivity index (χ4v) is 4.91. The molecule has 5 nitrogen and oxygen atoms in total. The zero-order chi connectivity index (χ0) is 17.5. The van der Waals surface area contributed by atoms with E-state index in [4.69, 9.17) is 11.6 Å². The van der Waals surface area contributed by atoms with Crippen LogP contribution in [0, 0.1) is 5.82 Å². The molecule has 3 rings (SSSR count). The summed E-state index contributed by atoms with van der Waals surface area (Å²) in [6.45, 7) is 2.85. The van der Waals surface area contributed by atoms with Gasteiger partial charge in [-0.25, -0.2) is 9.06 Å². The Morgan fingerprint density at radius 2 is 2.00 bits per heavy atom. The molecule has 0 radical (unpaired) electrons. The summed E-state index contributed by atoms with van der Waals surface area (Å²) in [5.74, 6) is -1.99. The summed E-state index contributed by atoms with van der Waals surface area (Å²) in [5.41, 5.74) is 0.133. The largest absolute Gasteiger partial charge is 0.400 e. The van der Waals surface area contributed by atoms with Gasteiger partial charge in [-0.05, 0) is 36.6 Å². The number of hydrogen-bond acceptors (Lipinski definition) is 4.